The molecule has 0 aromatic heterocycles. The summed E-state index contributed by atoms with van der Waals surface area (Å²) < 4.78 is 36.8. The first kappa shape index (κ1) is 21.1. The van der Waals surface area contributed by atoms with Gasteiger partial charge in [0.1, 0.15) is 11.5 Å². The molecule has 0 heterocycles. The van der Waals surface area contributed by atoms with Gasteiger partial charge in [0, 0.05) is 36.9 Å². The Labute approximate surface area is 161 Å². The Bertz CT molecular complexity index is 937. The minimum Gasteiger partial charge on any atom is -0.497 e. The minimum absolute atomic E-state index is 0.0323. The fourth-order valence-corrected chi connectivity index (χ4v) is 3.26. The van der Waals surface area contributed by atoms with Gasteiger partial charge in [-0.15, -0.1) is 0 Å². The van der Waals surface area contributed by atoms with Crippen molar-refractivity contribution in [2.75, 3.05) is 27.3 Å². The van der Waals surface area contributed by atoms with E-state index < -0.39 is 20.9 Å². The van der Waals surface area contributed by atoms with E-state index in [1.165, 1.54) is 26.4 Å². The van der Waals surface area contributed by atoms with E-state index in [0.717, 1.165) is 24.3 Å². The van der Waals surface area contributed by atoms with Gasteiger partial charge in [-0.1, -0.05) is 0 Å². The molecule has 0 unspecified atom stereocenters. The average molecular weight is 409 g/mol. The molecule has 0 spiro atoms. The predicted molar refractivity (Wildman–Crippen MR) is 100 cm³/mol. The monoisotopic (exact) mass is 409 g/mol. The van der Waals surface area contributed by atoms with Gasteiger partial charge < -0.3 is 14.8 Å². The number of nitrogens with zero attached hydrogens (tertiary/aromatic N) is 1. The number of carbonyl (C=O) groups is 1. The molecule has 0 aliphatic rings. The lowest BCUT2D eigenvalue weighted by atomic mass is 10.2. The quantitative estimate of drug-likeness (QED) is 0.362. The largest absolute Gasteiger partial charge is 0.497 e. The number of methoxy groups -OCH3 is 2. The fraction of sp³-hybridized carbons (Fsp3) is 0.235. The molecule has 10 nitrogen and oxygen atoms in total. The van der Waals surface area contributed by atoms with Gasteiger partial charge in [0.05, 0.1) is 24.0 Å². The molecular formula is C17H19N3O7S. The van der Waals surface area contributed by atoms with Crippen LogP contribution in [-0.2, 0) is 10.0 Å². The second-order valence-corrected chi connectivity index (χ2v) is 7.27. The van der Waals surface area contributed by atoms with Crippen LogP contribution in [-0.4, -0.2) is 46.6 Å². The molecule has 0 bridgehead atoms. The van der Waals surface area contributed by atoms with E-state index in [2.05, 4.69) is 10.0 Å². The van der Waals surface area contributed by atoms with E-state index >= 15 is 0 Å². The maximum atomic E-state index is 12.2. The molecule has 1 amide bonds. The van der Waals surface area contributed by atoms with Gasteiger partial charge in [-0.25, -0.2) is 13.1 Å². The highest BCUT2D eigenvalue weighted by Crippen LogP contribution is 2.22. The molecule has 11 heteroatoms. The summed E-state index contributed by atoms with van der Waals surface area (Å²) in [5, 5.41) is 13.2. The Morgan fingerprint density at radius 1 is 1.04 bits per heavy atom. The lowest BCUT2D eigenvalue weighted by molar-refractivity contribution is -0.384. The van der Waals surface area contributed by atoms with Crippen molar-refractivity contribution in [2.45, 2.75) is 4.90 Å². The summed E-state index contributed by atoms with van der Waals surface area (Å²) in [6.07, 6.45) is 0. The molecule has 0 saturated carbocycles. The SMILES string of the molecule is COc1cc(OC)cc(C(=O)NCCNS(=O)(=O)c2ccc([N+](=O)[O-])cc2)c1. The number of rotatable bonds is 9. The summed E-state index contributed by atoms with van der Waals surface area (Å²) >= 11 is 0. The third kappa shape index (κ3) is 5.41. The van der Waals surface area contributed by atoms with Crippen molar-refractivity contribution in [2.24, 2.45) is 0 Å². The van der Waals surface area contributed by atoms with E-state index in [1.807, 2.05) is 0 Å². The van der Waals surface area contributed by atoms with Crippen LogP contribution in [0.15, 0.2) is 47.4 Å². The Hall–Kier alpha value is -3.18. The van der Waals surface area contributed by atoms with Crippen LogP contribution in [0.25, 0.3) is 0 Å². The van der Waals surface area contributed by atoms with Crippen molar-refractivity contribution >= 4 is 21.6 Å². The number of amides is 1. The number of sulfonamides is 1. The highest BCUT2D eigenvalue weighted by Gasteiger charge is 2.16. The minimum atomic E-state index is -3.85. The fourth-order valence-electron chi connectivity index (χ4n) is 2.23. The number of nitro groups is 1. The zero-order valence-electron chi connectivity index (χ0n) is 15.2. The van der Waals surface area contributed by atoms with Crippen molar-refractivity contribution in [3.63, 3.8) is 0 Å². The molecule has 2 aromatic carbocycles. The second kappa shape index (κ2) is 9.15. The standard InChI is InChI=1S/C17H19N3O7S/c1-26-14-9-12(10-15(11-14)27-2)17(21)18-7-8-19-28(24,25)16-5-3-13(4-6-16)20(22)23/h3-6,9-11,19H,7-8H2,1-2H3,(H,18,21). The van der Waals surface area contributed by atoms with Crippen LogP contribution in [0.4, 0.5) is 5.69 Å². The van der Waals surface area contributed by atoms with Crippen molar-refractivity contribution in [3.05, 3.63) is 58.1 Å². The first-order chi connectivity index (χ1) is 13.3. The number of hydrogen-bond acceptors (Lipinski definition) is 7. The Morgan fingerprint density at radius 2 is 1.61 bits per heavy atom. The van der Waals surface area contributed by atoms with E-state index in [0.29, 0.717) is 17.1 Å². The summed E-state index contributed by atoms with van der Waals surface area (Å²) in [4.78, 5) is 22.1. The Balaban J connectivity index is 1.92. The molecule has 0 aliphatic carbocycles. The third-order valence-electron chi connectivity index (χ3n) is 3.67. The number of ether oxygens (including phenoxy) is 2. The van der Waals surface area contributed by atoms with Crippen molar-refractivity contribution < 1.29 is 27.6 Å². The molecule has 0 fully saturated rings. The smallest absolute Gasteiger partial charge is 0.269 e. The number of carbonyl (C=O) groups excluding carboxylic acids is 1. The topological polar surface area (TPSA) is 137 Å². The molecule has 2 rings (SSSR count). The van der Waals surface area contributed by atoms with Gasteiger partial charge in [0.15, 0.2) is 0 Å². The summed E-state index contributed by atoms with van der Waals surface area (Å²) in [6.45, 7) is -0.0310. The zero-order valence-corrected chi connectivity index (χ0v) is 16.0. The van der Waals surface area contributed by atoms with E-state index in [9.17, 15) is 23.3 Å². The van der Waals surface area contributed by atoms with Crippen LogP contribution in [0.2, 0.25) is 0 Å². The highest BCUT2D eigenvalue weighted by atomic mass is 32.2. The number of non-ortho nitro benzene ring substituents is 1. The normalized spacial score (nSPS) is 10.9. The van der Waals surface area contributed by atoms with Crippen LogP contribution >= 0.6 is 0 Å². The summed E-state index contributed by atoms with van der Waals surface area (Å²) in [5.74, 6) is 0.471. The van der Waals surface area contributed by atoms with Crippen molar-refractivity contribution in [1.82, 2.24) is 10.0 Å². The van der Waals surface area contributed by atoms with E-state index in [1.54, 1.807) is 6.07 Å². The molecule has 2 aromatic rings. The molecular weight excluding hydrogens is 390 g/mol. The van der Waals surface area contributed by atoms with Crippen molar-refractivity contribution in [3.8, 4) is 11.5 Å². The number of nitrogens with one attached hydrogen (secondary N) is 2. The van der Waals surface area contributed by atoms with Crippen LogP contribution in [0.5, 0.6) is 11.5 Å². The number of nitro benzene ring substituents is 1. The lowest BCUT2D eigenvalue weighted by Crippen LogP contribution is -2.34. The first-order valence-corrected chi connectivity index (χ1v) is 9.50. The molecule has 150 valence electrons. The number of hydrogen-bond donors (Lipinski definition) is 2. The van der Waals surface area contributed by atoms with Gasteiger partial charge in [-0.2, -0.15) is 0 Å². The summed E-state index contributed by atoms with van der Waals surface area (Å²) in [7, 11) is -0.927. The number of benzene rings is 2. The molecule has 0 radical (unpaired) electrons. The van der Waals surface area contributed by atoms with Gasteiger partial charge >= 0.3 is 0 Å². The highest BCUT2D eigenvalue weighted by molar-refractivity contribution is 7.89. The second-order valence-electron chi connectivity index (χ2n) is 5.51. The average Bonchev–Trinajstić information content (AvgIpc) is 2.70. The van der Waals surface area contributed by atoms with Gasteiger partial charge in [0.25, 0.3) is 11.6 Å². The molecule has 0 atom stereocenters. The Kier molecular flexibility index (Phi) is 6.90. The van der Waals surface area contributed by atoms with Crippen LogP contribution in [0.1, 0.15) is 10.4 Å². The van der Waals surface area contributed by atoms with Crippen LogP contribution in [0, 0.1) is 10.1 Å². The zero-order chi connectivity index (χ0) is 20.7. The van der Waals surface area contributed by atoms with E-state index in [4.69, 9.17) is 9.47 Å². The van der Waals surface area contributed by atoms with Gasteiger partial charge in [0.2, 0.25) is 10.0 Å². The lowest BCUT2D eigenvalue weighted by Gasteiger charge is -2.10. The van der Waals surface area contributed by atoms with Gasteiger partial charge in [-0.3, -0.25) is 14.9 Å². The molecule has 0 saturated heterocycles. The third-order valence-corrected chi connectivity index (χ3v) is 5.15. The van der Waals surface area contributed by atoms with Crippen LogP contribution < -0.4 is 19.5 Å². The maximum Gasteiger partial charge on any atom is 0.269 e. The summed E-state index contributed by atoms with van der Waals surface area (Å²) in [5.41, 5.74) is 0.0920. The molecule has 0 aliphatic heterocycles. The Morgan fingerprint density at radius 3 is 2.11 bits per heavy atom. The maximum absolute atomic E-state index is 12.2. The van der Waals surface area contributed by atoms with Crippen LogP contribution in [0.3, 0.4) is 0 Å². The predicted octanol–water partition coefficient (Wildman–Crippen LogP) is 1.32. The van der Waals surface area contributed by atoms with Gasteiger partial charge in [-0.05, 0) is 24.3 Å². The van der Waals surface area contributed by atoms with E-state index in [-0.39, 0.29) is 23.7 Å². The summed E-state index contributed by atoms with van der Waals surface area (Å²) in [6, 6.07) is 9.16. The molecule has 2 N–H and O–H groups in total. The molecule has 28 heavy (non-hydrogen) atoms. The van der Waals surface area contributed by atoms with Crippen molar-refractivity contribution in [1.29, 1.82) is 0 Å². The first-order valence-electron chi connectivity index (χ1n) is 8.02.